The summed E-state index contributed by atoms with van der Waals surface area (Å²) in [6.45, 7) is 6.47. The highest BCUT2D eigenvalue weighted by Crippen LogP contribution is 2.18. The molecule has 0 aromatic rings. The summed E-state index contributed by atoms with van der Waals surface area (Å²) in [5, 5.41) is 0. The first-order valence-corrected chi connectivity index (χ1v) is 35.2. The van der Waals surface area contributed by atoms with Gasteiger partial charge in [-0.25, -0.2) is 0 Å². The maximum atomic E-state index is 12.9. The van der Waals surface area contributed by atoms with Gasteiger partial charge in [0.1, 0.15) is 13.2 Å². The topological polar surface area (TPSA) is 78.9 Å². The lowest BCUT2D eigenvalue weighted by atomic mass is 10.0. The van der Waals surface area contributed by atoms with E-state index >= 15 is 0 Å². The normalized spacial score (nSPS) is 12.7. The van der Waals surface area contributed by atoms with Crippen LogP contribution >= 0.6 is 0 Å². The second-order valence-corrected chi connectivity index (χ2v) is 23.4. The van der Waals surface area contributed by atoms with Crippen molar-refractivity contribution in [3.05, 3.63) is 97.2 Å². The second-order valence-electron chi connectivity index (χ2n) is 23.4. The van der Waals surface area contributed by atoms with E-state index in [9.17, 15) is 14.4 Å². The van der Waals surface area contributed by atoms with Crippen molar-refractivity contribution in [1.29, 1.82) is 0 Å². The molecule has 1 atom stereocenters. The molecule has 0 rings (SSSR count). The number of hydrogen-bond donors (Lipinski definition) is 0. The van der Waals surface area contributed by atoms with Gasteiger partial charge in [0.15, 0.2) is 6.10 Å². The quantitative estimate of drug-likeness (QED) is 0.0261. The molecule has 6 nitrogen and oxygen atoms in total. The van der Waals surface area contributed by atoms with Crippen molar-refractivity contribution in [3.63, 3.8) is 0 Å². The molecule has 0 saturated carbocycles. The van der Waals surface area contributed by atoms with Crippen LogP contribution in [0.15, 0.2) is 97.2 Å². The molecule has 0 saturated heterocycles. The first-order valence-electron chi connectivity index (χ1n) is 35.2. The summed E-state index contributed by atoms with van der Waals surface area (Å²) >= 11 is 0. The molecule has 0 N–H and O–H groups in total. The average Bonchev–Trinajstić information content (AvgIpc) is 3.47. The van der Waals surface area contributed by atoms with Crippen LogP contribution < -0.4 is 0 Å². The highest BCUT2D eigenvalue weighted by Gasteiger charge is 2.19. The Morgan fingerprint density at radius 1 is 0.256 bits per heavy atom. The summed E-state index contributed by atoms with van der Waals surface area (Å²) in [7, 11) is 0. The molecule has 0 heterocycles. The molecule has 0 amide bonds. The predicted octanol–water partition coefficient (Wildman–Crippen LogP) is 24.4. The van der Waals surface area contributed by atoms with Gasteiger partial charge in [-0.2, -0.15) is 0 Å². The van der Waals surface area contributed by atoms with Gasteiger partial charge >= 0.3 is 17.9 Å². The molecular weight excluding hydrogens is 1010 g/mol. The van der Waals surface area contributed by atoms with Crippen molar-refractivity contribution in [3.8, 4) is 0 Å². The number of esters is 3. The molecule has 0 radical (unpaired) electrons. The van der Waals surface area contributed by atoms with Gasteiger partial charge < -0.3 is 14.2 Å². The van der Waals surface area contributed by atoms with E-state index in [4.69, 9.17) is 14.2 Å². The summed E-state index contributed by atoms with van der Waals surface area (Å²) in [6, 6.07) is 0. The number of allylic oxidation sites excluding steroid dienone is 16. The van der Waals surface area contributed by atoms with E-state index in [0.29, 0.717) is 19.3 Å². The Morgan fingerprint density at radius 3 is 0.744 bits per heavy atom. The number of ether oxygens (including phenoxy) is 3. The van der Waals surface area contributed by atoms with Crippen molar-refractivity contribution >= 4 is 17.9 Å². The van der Waals surface area contributed by atoms with Crippen LogP contribution in [0.3, 0.4) is 0 Å². The summed E-state index contributed by atoms with van der Waals surface area (Å²) in [6.07, 6.45) is 94.9. The van der Waals surface area contributed by atoms with Gasteiger partial charge in [0.25, 0.3) is 0 Å². The van der Waals surface area contributed by atoms with Gasteiger partial charge in [-0.1, -0.05) is 343 Å². The van der Waals surface area contributed by atoms with E-state index in [1.807, 2.05) is 0 Å². The number of carbonyl (C=O) groups is 3. The van der Waals surface area contributed by atoms with Gasteiger partial charge in [-0.05, 0) is 83.5 Å². The molecule has 0 aromatic carbocycles. The van der Waals surface area contributed by atoms with Crippen LogP contribution in [0.1, 0.15) is 348 Å². The van der Waals surface area contributed by atoms with Gasteiger partial charge in [-0.3, -0.25) is 14.4 Å². The number of hydrogen-bond acceptors (Lipinski definition) is 6. The minimum atomic E-state index is -0.798. The lowest BCUT2D eigenvalue weighted by Gasteiger charge is -2.18. The number of rotatable bonds is 64. The Kier molecular flexibility index (Phi) is 66.7. The fraction of sp³-hybridized carbons (Fsp3) is 0.750. The third-order valence-electron chi connectivity index (χ3n) is 15.4. The summed E-state index contributed by atoms with van der Waals surface area (Å²) in [4.78, 5) is 38.1. The van der Waals surface area contributed by atoms with Gasteiger partial charge in [0, 0.05) is 19.3 Å². The molecule has 6 heteroatoms. The fourth-order valence-corrected chi connectivity index (χ4v) is 10.1. The lowest BCUT2D eigenvalue weighted by Crippen LogP contribution is -2.30. The standard InChI is InChI=1S/C76H132O6/c1-4-7-10-13-16-18-20-22-24-26-28-30-32-34-36-37-38-39-41-42-44-46-48-50-52-54-56-58-60-63-66-69-75(78)81-72-73(71-80-74(77)68-65-62-15-12-9-6-3)82-76(79)70-67-64-61-59-57-55-53-51-49-47-45-43-40-35-33-31-29-27-25-23-21-19-17-14-11-8-5-2/h8,11,17,19,23,25,29,31,35,40,45,47,51,53,57,59,73H,4-7,9-10,12-16,18,20-22,24,26-28,30,32-34,36-39,41-44,46,48-50,52,54-56,58,60-72H2,1-3H3/b11-8-,19-17-,25-23-,31-29-,40-35-,47-45-,53-51-,59-57-. The van der Waals surface area contributed by atoms with Crippen LogP contribution in [0.5, 0.6) is 0 Å². The zero-order chi connectivity index (χ0) is 59.2. The van der Waals surface area contributed by atoms with Crippen molar-refractivity contribution in [2.24, 2.45) is 0 Å². The Hall–Kier alpha value is -3.67. The van der Waals surface area contributed by atoms with Crippen LogP contribution in [-0.2, 0) is 28.6 Å². The van der Waals surface area contributed by atoms with E-state index in [1.54, 1.807) is 0 Å². The van der Waals surface area contributed by atoms with Crippen LogP contribution in [0, 0.1) is 0 Å². The molecule has 0 aliphatic carbocycles. The maximum Gasteiger partial charge on any atom is 0.306 e. The highest BCUT2D eigenvalue weighted by atomic mass is 16.6. The number of carbonyl (C=O) groups excluding carboxylic acids is 3. The van der Waals surface area contributed by atoms with Crippen LogP contribution in [-0.4, -0.2) is 37.2 Å². The minimum Gasteiger partial charge on any atom is -0.462 e. The van der Waals surface area contributed by atoms with Crippen LogP contribution in [0.25, 0.3) is 0 Å². The molecule has 82 heavy (non-hydrogen) atoms. The third kappa shape index (κ3) is 67.1. The zero-order valence-corrected chi connectivity index (χ0v) is 54.2. The molecular formula is C76H132O6. The van der Waals surface area contributed by atoms with Crippen molar-refractivity contribution < 1.29 is 28.6 Å². The molecule has 0 aromatic heterocycles. The Morgan fingerprint density at radius 2 is 0.476 bits per heavy atom. The Labute approximate surface area is 508 Å². The predicted molar refractivity (Wildman–Crippen MR) is 357 cm³/mol. The SMILES string of the molecule is CC/C=C\C/C=C\C/C=C\C/C=C\C/C=C\C/C=C\C/C=C\C/C=C\CCCCC(=O)OC(COC(=O)CCCCCCCC)COC(=O)CCCCCCCCCCCCCCCCCCCCCCCCCCCCCCCCC. The van der Waals surface area contributed by atoms with Crippen LogP contribution in [0.4, 0.5) is 0 Å². The summed E-state index contributed by atoms with van der Waals surface area (Å²) < 4.78 is 16.8. The van der Waals surface area contributed by atoms with E-state index < -0.39 is 6.10 Å². The zero-order valence-electron chi connectivity index (χ0n) is 54.2. The molecule has 0 aliphatic heterocycles. The van der Waals surface area contributed by atoms with Gasteiger partial charge in [0.05, 0.1) is 0 Å². The second kappa shape index (κ2) is 69.8. The monoisotopic (exact) mass is 1140 g/mol. The van der Waals surface area contributed by atoms with Crippen molar-refractivity contribution in [2.75, 3.05) is 13.2 Å². The van der Waals surface area contributed by atoms with Gasteiger partial charge in [-0.15, -0.1) is 0 Å². The minimum absolute atomic E-state index is 0.0924. The third-order valence-corrected chi connectivity index (χ3v) is 15.4. The van der Waals surface area contributed by atoms with E-state index in [-0.39, 0.29) is 37.5 Å². The fourth-order valence-electron chi connectivity index (χ4n) is 10.1. The molecule has 472 valence electrons. The Bertz CT molecular complexity index is 1590. The number of unbranched alkanes of at least 4 members (excludes halogenated alkanes) is 37. The summed E-state index contributed by atoms with van der Waals surface area (Å²) in [5.74, 6) is -0.935. The Balaban J connectivity index is 4.08. The molecule has 0 spiro atoms. The smallest absolute Gasteiger partial charge is 0.306 e. The van der Waals surface area contributed by atoms with E-state index in [1.165, 1.54) is 199 Å². The molecule has 0 bridgehead atoms. The molecule has 1 unspecified atom stereocenters. The van der Waals surface area contributed by atoms with E-state index in [2.05, 4.69) is 118 Å². The van der Waals surface area contributed by atoms with Gasteiger partial charge in [0.2, 0.25) is 0 Å². The largest absolute Gasteiger partial charge is 0.462 e. The lowest BCUT2D eigenvalue weighted by molar-refractivity contribution is -0.167. The van der Waals surface area contributed by atoms with Crippen molar-refractivity contribution in [2.45, 2.75) is 354 Å². The molecule has 0 aliphatic rings. The van der Waals surface area contributed by atoms with E-state index in [0.717, 1.165) is 103 Å². The highest BCUT2D eigenvalue weighted by molar-refractivity contribution is 5.71. The first kappa shape index (κ1) is 78.3. The van der Waals surface area contributed by atoms with Crippen molar-refractivity contribution in [1.82, 2.24) is 0 Å². The summed E-state index contributed by atoms with van der Waals surface area (Å²) in [5.41, 5.74) is 0. The molecule has 0 fully saturated rings. The van der Waals surface area contributed by atoms with Crippen LogP contribution in [0.2, 0.25) is 0 Å². The maximum absolute atomic E-state index is 12.9. The first-order chi connectivity index (χ1) is 40.5. The average molecular weight is 1140 g/mol.